The van der Waals surface area contributed by atoms with E-state index in [1.54, 1.807) is 0 Å². The zero-order valence-electron chi connectivity index (χ0n) is 10.4. The molecule has 3 rings (SSSR count). The lowest BCUT2D eigenvalue weighted by atomic mass is 9.89. The maximum absolute atomic E-state index is 11.7. The number of imidazole rings is 1. The number of fused-ring (bicyclic) bond motifs is 1. The van der Waals surface area contributed by atoms with Crippen molar-refractivity contribution in [2.45, 2.75) is 38.6 Å². The normalized spacial score (nSPS) is 17.1. The Bertz CT molecular complexity index is 709. The molecule has 2 N–H and O–H groups in total. The van der Waals surface area contributed by atoms with Crippen LogP contribution in [-0.4, -0.2) is 19.5 Å². The van der Waals surface area contributed by atoms with E-state index in [0.717, 1.165) is 6.54 Å². The van der Waals surface area contributed by atoms with Crippen molar-refractivity contribution in [1.82, 2.24) is 19.5 Å². The third kappa shape index (κ3) is 2.39. The molecule has 0 aromatic carbocycles. The van der Waals surface area contributed by atoms with Crippen LogP contribution >= 0.6 is 15.9 Å². The van der Waals surface area contributed by atoms with Crippen molar-refractivity contribution in [2.24, 2.45) is 5.92 Å². The molecule has 6 nitrogen and oxygen atoms in total. The van der Waals surface area contributed by atoms with Gasteiger partial charge >= 0.3 is 5.69 Å². The molecule has 0 amide bonds. The first-order valence-electron chi connectivity index (χ1n) is 6.53. The van der Waals surface area contributed by atoms with Gasteiger partial charge < -0.3 is 4.57 Å². The van der Waals surface area contributed by atoms with Gasteiger partial charge in [0, 0.05) is 6.54 Å². The van der Waals surface area contributed by atoms with Crippen molar-refractivity contribution in [3.05, 3.63) is 25.6 Å². The van der Waals surface area contributed by atoms with Crippen LogP contribution in [0.5, 0.6) is 0 Å². The van der Waals surface area contributed by atoms with Crippen LogP contribution in [0, 0.1) is 5.92 Å². The Hall–Kier alpha value is -1.37. The predicted molar refractivity (Wildman–Crippen MR) is 75.2 cm³/mol. The van der Waals surface area contributed by atoms with E-state index >= 15 is 0 Å². The number of halogens is 1. The van der Waals surface area contributed by atoms with Crippen LogP contribution < -0.4 is 11.2 Å². The van der Waals surface area contributed by atoms with Crippen LogP contribution in [-0.2, 0) is 6.54 Å². The monoisotopic (exact) mass is 326 g/mol. The highest BCUT2D eigenvalue weighted by molar-refractivity contribution is 9.10. The zero-order chi connectivity index (χ0) is 13.4. The Morgan fingerprint density at radius 1 is 1.21 bits per heavy atom. The number of hydrogen-bond donors (Lipinski definition) is 2. The number of nitrogens with one attached hydrogen (secondary N) is 2. The fraction of sp³-hybridized carbons (Fsp3) is 0.583. The molecule has 1 saturated carbocycles. The van der Waals surface area contributed by atoms with Crippen LogP contribution in [0.1, 0.15) is 32.1 Å². The molecule has 0 atom stereocenters. The molecular formula is C12H15BrN4O2. The van der Waals surface area contributed by atoms with Gasteiger partial charge in [-0.15, -0.1) is 0 Å². The molecule has 102 valence electrons. The second kappa shape index (κ2) is 4.96. The predicted octanol–water partition coefficient (Wildman–Crippen LogP) is 1.76. The van der Waals surface area contributed by atoms with Crippen molar-refractivity contribution in [1.29, 1.82) is 0 Å². The average molecular weight is 327 g/mol. The first kappa shape index (κ1) is 12.7. The molecule has 1 fully saturated rings. The number of hydrogen-bond acceptors (Lipinski definition) is 3. The van der Waals surface area contributed by atoms with E-state index < -0.39 is 11.2 Å². The standard InChI is InChI=1S/C12H15BrN4O2/c13-11-14-8-9(15-12(19)16-10(8)18)17(11)6-7-4-2-1-3-5-7/h7H,1-6H2,(H2,15,16,18,19). The highest BCUT2D eigenvalue weighted by Crippen LogP contribution is 2.27. The largest absolute Gasteiger partial charge is 0.327 e. The lowest BCUT2D eigenvalue weighted by Gasteiger charge is -2.22. The van der Waals surface area contributed by atoms with Gasteiger partial charge in [-0.2, -0.15) is 0 Å². The van der Waals surface area contributed by atoms with E-state index in [9.17, 15) is 9.59 Å². The van der Waals surface area contributed by atoms with Gasteiger partial charge in [0.25, 0.3) is 5.56 Å². The smallest absolute Gasteiger partial charge is 0.304 e. The van der Waals surface area contributed by atoms with Crippen LogP contribution in [0.15, 0.2) is 14.3 Å². The Kier molecular flexibility index (Phi) is 3.30. The quantitative estimate of drug-likeness (QED) is 0.825. The van der Waals surface area contributed by atoms with Gasteiger partial charge in [0.05, 0.1) is 0 Å². The van der Waals surface area contributed by atoms with Gasteiger partial charge in [0.2, 0.25) is 0 Å². The van der Waals surface area contributed by atoms with Crippen molar-refractivity contribution < 1.29 is 0 Å². The first-order valence-corrected chi connectivity index (χ1v) is 7.33. The molecule has 7 heteroatoms. The van der Waals surface area contributed by atoms with Gasteiger partial charge in [-0.3, -0.25) is 14.8 Å². The van der Waals surface area contributed by atoms with E-state index in [2.05, 4.69) is 30.9 Å². The molecule has 2 aromatic heterocycles. The van der Waals surface area contributed by atoms with Crippen molar-refractivity contribution in [3.63, 3.8) is 0 Å². The Morgan fingerprint density at radius 3 is 2.68 bits per heavy atom. The minimum Gasteiger partial charge on any atom is -0.304 e. The van der Waals surface area contributed by atoms with Crippen LogP contribution in [0.3, 0.4) is 0 Å². The van der Waals surface area contributed by atoms with Crippen molar-refractivity contribution >= 4 is 27.1 Å². The van der Waals surface area contributed by atoms with E-state index in [0.29, 0.717) is 16.3 Å². The summed E-state index contributed by atoms with van der Waals surface area (Å²) in [6.45, 7) is 0.788. The summed E-state index contributed by atoms with van der Waals surface area (Å²) in [7, 11) is 0. The summed E-state index contributed by atoms with van der Waals surface area (Å²) in [6.07, 6.45) is 6.20. The number of nitrogens with zero attached hydrogens (tertiary/aromatic N) is 2. The second-order valence-electron chi connectivity index (χ2n) is 5.10. The van der Waals surface area contributed by atoms with E-state index in [1.807, 2.05) is 4.57 Å². The summed E-state index contributed by atoms with van der Waals surface area (Å²) in [4.78, 5) is 32.1. The molecule has 0 saturated heterocycles. The number of H-pyrrole nitrogens is 2. The van der Waals surface area contributed by atoms with Crippen LogP contribution in [0.25, 0.3) is 11.2 Å². The maximum atomic E-state index is 11.7. The summed E-state index contributed by atoms with van der Waals surface area (Å²) in [5.74, 6) is 0.588. The first-order chi connectivity index (χ1) is 9.15. The SMILES string of the molecule is O=c1[nH]c(=O)c2nc(Br)n(CC3CCCCC3)c2[nH]1. The number of rotatable bonds is 2. The molecular weight excluding hydrogens is 312 g/mol. The second-order valence-corrected chi connectivity index (χ2v) is 5.81. The number of aromatic nitrogens is 4. The molecule has 0 spiro atoms. The Balaban J connectivity index is 2.04. The van der Waals surface area contributed by atoms with Crippen molar-refractivity contribution in [2.75, 3.05) is 0 Å². The maximum Gasteiger partial charge on any atom is 0.327 e. The number of aromatic amines is 2. The average Bonchev–Trinajstić information content (AvgIpc) is 2.69. The minimum atomic E-state index is -0.491. The minimum absolute atomic E-state index is 0.280. The van der Waals surface area contributed by atoms with Gasteiger partial charge in [0.1, 0.15) is 5.65 Å². The highest BCUT2D eigenvalue weighted by Gasteiger charge is 2.18. The lowest BCUT2D eigenvalue weighted by molar-refractivity contribution is 0.320. The molecule has 0 unspecified atom stereocenters. The summed E-state index contributed by atoms with van der Waals surface area (Å²) in [6, 6.07) is 0. The third-order valence-corrected chi connectivity index (χ3v) is 4.37. The van der Waals surface area contributed by atoms with E-state index in [-0.39, 0.29) is 5.52 Å². The molecule has 2 heterocycles. The van der Waals surface area contributed by atoms with E-state index in [1.165, 1.54) is 32.1 Å². The zero-order valence-corrected chi connectivity index (χ0v) is 12.0. The van der Waals surface area contributed by atoms with Gasteiger partial charge in [-0.25, -0.2) is 9.78 Å². The fourth-order valence-corrected chi connectivity index (χ4v) is 3.31. The Morgan fingerprint density at radius 2 is 1.95 bits per heavy atom. The molecule has 0 aliphatic heterocycles. The molecule has 0 radical (unpaired) electrons. The fourth-order valence-electron chi connectivity index (χ4n) is 2.81. The molecule has 0 bridgehead atoms. The topological polar surface area (TPSA) is 83.5 Å². The van der Waals surface area contributed by atoms with Crippen molar-refractivity contribution in [3.8, 4) is 0 Å². The Labute approximate surface area is 117 Å². The summed E-state index contributed by atoms with van der Waals surface area (Å²) in [5, 5.41) is 0. The third-order valence-electron chi connectivity index (χ3n) is 3.76. The summed E-state index contributed by atoms with van der Waals surface area (Å²) < 4.78 is 2.49. The highest BCUT2D eigenvalue weighted by atomic mass is 79.9. The van der Waals surface area contributed by atoms with Gasteiger partial charge in [-0.05, 0) is 34.7 Å². The van der Waals surface area contributed by atoms with Gasteiger partial charge in [0.15, 0.2) is 10.3 Å². The summed E-state index contributed by atoms with van der Waals surface area (Å²) >= 11 is 3.37. The molecule has 1 aliphatic rings. The van der Waals surface area contributed by atoms with Gasteiger partial charge in [-0.1, -0.05) is 19.3 Å². The molecule has 2 aromatic rings. The summed E-state index contributed by atoms with van der Waals surface area (Å²) in [5.41, 5.74) is -0.148. The van der Waals surface area contributed by atoms with Crippen LogP contribution in [0.4, 0.5) is 0 Å². The van der Waals surface area contributed by atoms with E-state index in [4.69, 9.17) is 0 Å². The molecule has 19 heavy (non-hydrogen) atoms. The molecule has 1 aliphatic carbocycles. The lowest BCUT2D eigenvalue weighted by Crippen LogP contribution is -2.23. The van der Waals surface area contributed by atoms with Crippen LogP contribution in [0.2, 0.25) is 0 Å².